The van der Waals surface area contributed by atoms with Crippen molar-refractivity contribution in [2.24, 2.45) is 5.73 Å². The molecule has 86 valence electrons. The Bertz CT molecular complexity index is 409. The molecule has 2 heteroatoms. The molecule has 0 aliphatic heterocycles. The molecule has 1 aromatic carbocycles. The van der Waals surface area contributed by atoms with Gasteiger partial charge in [0.2, 0.25) is 0 Å². The van der Waals surface area contributed by atoms with Crippen molar-refractivity contribution in [1.82, 2.24) is 0 Å². The minimum atomic E-state index is 0.505. The monoisotopic (exact) mass is 235 g/mol. The van der Waals surface area contributed by atoms with Crippen LogP contribution in [0.3, 0.4) is 0 Å². The third kappa shape index (κ3) is 1.57. The molecule has 1 fully saturated rings. The molecule has 0 bridgehead atoms. The molecule has 1 atom stereocenters. The summed E-state index contributed by atoms with van der Waals surface area (Å²) in [6.45, 7) is 0.791. The van der Waals surface area contributed by atoms with Crippen molar-refractivity contribution in [3.05, 3.63) is 34.3 Å². The summed E-state index contributed by atoms with van der Waals surface area (Å²) in [5.41, 5.74) is 9.27. The van der Waals surface area contributed by atoms with Crippen LogP contribution < -0.4 is 5.73 Å². The van der Waals surface area contributed by atoms with Gasteiger partial charge in [0.25, 0.3) is 0 Å². The Kier molecular flexibility index (Phi) is 2.49. The van der Waals surface area contributed by atoms with Gasteiger partial charge in [-0.3, -0.25) is 0 Å². The summed E-state index contributed by atoms with van der Waals surface area (Å²) < 4.78 is 0. The summed E-state index contributed by atoms with van der Waals surface area (Å²) in [5.74, 6) is 0.670. The number of hydrogen-bond acceptors (Lipinski definition) is 1. The Morgan fingerprint density at radius 1 is 1.31 bits per heavy atom. The van der Waals surface area contributed by atoms with E-state index in [4.69, 9.17) is 17.3 Å². The van der Waals surface area contributed by atoms with Gasteiger partial charge in [0, 0.05) is 5.02 Å². The first-order valence-corrected chi connectivity index (χ1v) is 6.63. The smallest absolute Gasteiger partial charge is 0.0409 e. The lowest BCUT2D eigenvalue weighted by molar-refractivity contribution is 0.455. The molecule has 0 radical (unpaired) electrons. The van der Waals surface area contributed by atoms with Crippen LogP contribution in [-0.4, -0.2) is 6.54 Å². The van der Waals surface area contributed by atoms with Crippen LogP contribution in [0.1, 0.15) is 49.1 Å². The maximum atomic E-state index is 6.13. The van der Waals surface area contributed by atoms with Crippen LogP contribution in [0.25, 0.3) is 0 Å². The van der Waals surface area contributed by atoms with Gasteiger partial charge in [-0.05, 0) is 73.2 Å². The lowest BCUT2D eigenvalue weighted by Gasteiger charge is -2.32. The fourth-order valence-electron chi connectivity index (χ4n) is 3.26. The second-order valence-electron chi connectivity index (χ2n) is 5.32. The first kappa shape index (κ1) is 10.6. The quantitative estimate of drug-likeness (QED) is 0.833. The summed E-state index contributed by atoms with van der Waals surface area (Å²) in [5, 5.41) is 0.887. The topological polar surface area (TPSA) is 26.0 Å². The molecule has 2 aliphatic carbocycles. The van der Waals surface area contributed by atoms with Crippen molar-refractivity contribution in [2.45, 2.75) is 43.4 Å². The molecular formula is C14H18ClN. The van der Waals surface area contributed by atoms with E-state index in [0.717, 1.165) is 18.0 Å². The first-order chi connectivity index (χ1) is 7.75. The van der Waals surface area contributed by atoms with Gasteiger partial charge in [0.1, 0.15) is 0 Å². The number of fused-ring (bicyclic) bond motifs is 2. The van der Waals surface area contributed by atoms with E-state index >= 15 is 0 Å². The Balaban J connectivity index is 2.03. The highest BCUT2D eigenvalue weighted by Gasteiger charge is 2.48. The molecule has 0 amide bonds. The van der Waals surface area contributed by atoms with Crippen molar-refractivity contribution >= 4 is 11.6 Å². The number of benzene rings is 1. The van der Waals surface area contributed by atoms with Gasteiger partial charge >= 0.3 is 0 Å². The van der Waals surface area contributed by atoms with Crippen LogP contribution >= 0.6 is 11.6 Å². The van der Waals surface area contributed by atoms with Crippen molar-refractivity contribution < 1.29 is 0 Å². The highest BCUT2D eigenvalue weighted by Crippen LogP contribution is 2.58. The van der Waals surface area contributed by atoms with Gasteiger partial charge in [-0.15, -0.1) is 0 Å². The Morgan fingerprint density at radius 2 is 2.12 bits per heavy atom. The van der Waals surface area contributed by atoms with Crippen LogP contribution in [-0.2, 0) is 5.41 Å². The van der Waals surface area contributed by atoms with E-state index in [1.54, 1.807) is 0 Å². The lowest BCUT2D eigenvalue weighted by atomic mass is 9.73. The fourth-order valence-corrected chi connectivity index (χ4v) is 3.43. The Hall–Kier alpha value is -0.530. The molecule has 1 saturated carbocycles. The number of rotatable bonds is 2. The first-order valence-electron chi connectivity index (χ1n) is 6.25. The normalized spacial score (nSPS) is 25.5. The average Bonchev–Trinajstić information content (AvgIpc) is 3.04. The second-order valence-corrected chi connectivity index (χ2v) is 5.76. The zero-order valence-electron chi connectivity index (χ0n) is 9.51. The third-order valence-electron chi connectivity index (χ3n) is 4.37. The van der Waals surface area contributed by atoms with Crippen LogP contribution in [0.4, 0.5) is 0 Å². The molecule has 1 unspecified atom stereocenters. The summed E-state index contributed by atoms with van der Waals surface area (Å²) in [6.07, 6.45) is 6.48. The predicted octanol–water partition coefficient (Wildman–Crippen LogP) is 3.60. The molecule has 0 aromatic heterocycles. The third-order valence-corrected chi connectivity index (χ3v) is 4.60. The molecule has 2 aliphatic rings. The molecule has 3 rings (SSSR count). The minimum absolute atomic E-state index is 0.505. The molecule has 1 nitrogen and oxygen atoms in total. The van der Waals surface area contributed by atoms with Gasteiger partial charge < -0.3 is 5.73 Å². The zero-order chi connectivity index (χ0) is 11.2. The zero-order valence-corrected chi connectivity index (χ0v) is 10.3. The van der Waals surface area contributed by atoms with E-state index in [-0.39, 0.29) is 0 Å². The van der Waals surface area contributed by atoms with Crippen molar-refractivity contribution in [3.8, 4) is 0 Å². The van der Waals surface area contributed by atoms with E-state index < -0.39 is 0 Å². The van der Waals surface area contributed by atoms with Gasteiger partial charge in [0.15, 0.2) is 0 Å². The molecule has 16 heavy (non-hydrogen) atoms. The molecule has 1 aromatic rings. The highest BCUT2D eigenvalue weighted by molar-refractivity contribution is 6.30. The maximum absolute atomic E-state index is 6.13. The van der Waals surface area contributed by atoms with E-state index in [0.29, 0.717) is 11.3 Å². The van der Waals surface area contributed by atoms with E-state index in [1.165, 1.54) is 36.8 Å². The van der Waals surface area contributed by atoms with E-state index in [1.807, 2.05) is 6.07 Å². The van der Waals surface area contributed by atoms with Crippen molar-refractivity contribution in [1.29, 1.82) is 0 Å². The number of halogens is 1. The van der Waals surface area contributed by atoms with Crippen molar-refractivity contribution in [2.75, 3.05) is 6.54 Å². The Morgan fingerprint density at radius 3 is 2.81 bits per heavy atom. The fraction of sp³-hybridized carbons (Fsp3) is 0.571. The van der Waals surface area contributed by atoms with Crippen LogP contribution in [0.5, 0.6) is 0 Å². The van der Waals surface area contributed by atoms with Gasteiger partial charge in [0.05, 0.1) is 0 Å². The molecular weight excluding hydrogens is 218 g/mol. The SMILES string of the molecule is NCCC1CCC2(CC2)c2cc(Cl)ccc21. The molecule has 0 saturated heterocycles. The molecule has 1 spiro atoms. The van der Waals surface area contributed by atoms with Crippen LogP contribution in [0.15, 0.2) is 18.2 Å². The van der Waals surface area contributed by atoms with Crippen LogP contribution in [0.2, 0.25) is 5.02 Å². The largest absolute Gasteiger partial charge is 0.330 e. The number of nitrogens with two attached hydrogens (primary N) is 1. The second kappa shape index (κ2) is 3.75. The van der Waals surface area contributed by atoms with E-state index in [2.05, 4.69) is 12.1 Å². The number of hydrogen-bond donors (Lipinski definition) is 1. The molecule has 2 N–H and O–H groups in total. The molecule has 0 heterocycles. The van der Waals surface area contributed by atoms with Crippen molar-refractivity contribution in [3.63, 3.8) is 0 Å². The Labute approximate surface area is 102 Å². The van der Waals surface area contributed by atoms with Gasteiger partial charge in [-0.1, -0.05) is 17.7 Å². The predicted molar refractivity (Wildman–Crippen MR) is 68.0 cm³/mol. The maximum Gasteiger partial charge on any atom is 0.0409 e. The standard InChI is InChI=1S/C14H18ClN/c15-11-1-2-12-10(4-8-16)3-5-14(6-7-14)13(12)9-11/h1-2,9-10H,3-8,16H2. The van der Waals surface area contributed by atoms with Gasteiger partial charge in [-0.25, -0.2) is 0 Å². The van der Waals surface area contributed by atoms with Gasteiger partial charge in [-0.2, -0.15) is 0 Å². The summed E-state index contributed by atoms with van der Waals surface area (Å²) >= 11 is 6.13. The minimum Gasteiger partial charge on any atom is -0.330 e. The average molecular weight is 236 g/mol. The lowest BCUT2D eigenvalue weighted by Crippen LogP contribution is -2.21. The van der Waals surface area contributed by atoms with Crippen LogP contribution in [0, 0.1) is 0 Å². The summed E-state index contributed by atoms with van der Waals surface area (Å²) in [7, 11) is 0. The summed E-state index contributed by atoms with van der Waals surface area (Å²) in [4.78, 5) is 0. The van der Waals surface area contributed by atoms with E-state index in [9.17, 15) is 0 Å². The summed E-state index contributed by atoms with van der Waals surface area (Å²) in [6, 6.07) is 6.47. The highest BCUT2D eigenvalue weighted by atomic mass is 35.5.